The zero-order valence-corrected chi connectivity index (χ0v) is 9.94. The molecule has 0 spiro atoms. The second-order valence-electron chi connectivity index (χ2n) is 4.42. The molecular weight excluding hydrogens is 202 g/mol. The van der Waals surface area contributed by atoms with Crippen LogP contribution in [0, 0.1) is 0 Å². The molecule has 0 radical (unpaired) electrons. The molecule has 0 bridgehead atoms. The fraction of sp³-hybridized carbons (Fsp3) is 0.583. The first kappa shape index (κ1) is 11.2. The minimum Gasteiger partial charge on any atom is -0.384 e. The molecule has 1 N–H and O–H groups in total. The van der Waals surface area contributed by atoms with E-state index in [9.17, 15) is 4.79 Å². The maximum atomic E-state index is 12.1. The minimum atomic E-state index is 0.0968. The van der Waals surface area contributed by atoms with Crippen LogP contribution in [0.2, 0.25) is 0 Å². The van der Waals surface area contributed by atoms with Crippen molar-refractivity contribution >= 4 is 5.69 Å². The maximum Gasteiger partial charge on any atom is 0.274 e. The summed E-state index contributed by atoms with van der Waals surface area (Å²) in [4.78, 5) is 14.4. The second-order valence-corrected chi connectivity index (χ2v) is 4.42. The molecule has 4 nitrogen and oxygen atoms in total. The van der Waals surface area contributed by atoms with Gasteiger partial charge < -0.3 is 14.8 Å². The Bertz CT molecular complexity index is 405. The number of nitrogens with one attached hydrogen (secondary N) is 1. The molecule has 0 amide bonds. The van der Waals surface area contributed by atoms with Gasteiger partial charge >= 0.3 is 0 Å². The fourth-order valence-electron chi connectivity index (χ4n) is 2.26. The van der Waals surface area contributed by atoms with Gasteiger partial charge in [-0.1, -0.05) is 0 Å². The lowest BCUT2D eigenvalue weighted by Gasteiger charge is -2.30. The molecule has 1 fully saturated rings. The van der Waals surface area contributed by atoms with Crippen LogP contribution in [0.15, 0.2) is 23.1 Å². The summed E-state index contributed by atoms with van der Waals surface area (Å²) in [5, 5.41) is 2.94. The number of pyridine rings is 1. The van der Waals surface area contributed by atoms with Crippen molar-refractivity contribution in [3.63, 3.8) is 0 Å². The van der Waals surface area contributed by atoms with Crippen LogP contribution in [0.4, 0.5) is 5.69 Å². The molecule has 0 unspecified atom stereocenters. The zero-order chi connectivity index (χ0) is 11.5. The lowest BCUT2D eigenvalue weighted by Crippen LogP contribution is -2.35. The zero-order valence-electron chi connectivity index (χ0n) is 9.94. The topological polar surface area (TPSA) is 37.3 Å². The van der Waals surface area contributed by atoms with E-state index in [2.05, 4.69) is 17.3 Å². The summed E-state index contributed by atoms with van der Waals surface area (Å²) in [6, 6.07) is 4.12. The van der Waals surface area contributed by atoms with Crippen LogP contribution in [0.3, 0.4) is 0 Å². The molecule has 1 aliphatic rings. The van der Waals surface area contributed by atoms with Crippen molar-refractivity contribution in [1.29, 1.82) is 0 Å². The van der Waals surface area contributed by atoms with E-state index in [0.717, 1.165) is 25.9 Å². The van der Waals surface area contributed by atoms with Gasteiger partial charge in [0.15, 0.2) is 0 Å². The van der Waals surface area contributed by atoms with E-state index in [1.54, 1.807) is 7.05 Å². The number of hydrogen-bond acceptors (Lipinski definition) is 3. The van der Waals surface area contributed by atoms with Gasteiger partial charge in [0, 0.05) is 19.3 Å². The van der Waals surface area contributed by atoms with E-state index in [1.165, 1.54) is 0 Å². The quantitative estimate of drug-likeness (QED) is 0.814. The van der Waals surface area contributed by atoms with Crippen LogP contribution >= 0.6 is 0 Å². The van der Waals surface area contributed by atoms with Crippen LogP contribution in [-0.4, -0.2) is 36.7 Å². The molecule has 1 saturated heterocycles. The number of anilines is 1. The highest BCUT2D eigenvalue weighted by molar-refractivity contribution is 5.39. The van der Waals surface area contributed by atoms with Crippen molar-refractivity contribution in [3.8, 4) is 0 Å². The first-order valence-corrected chi connectivity index (χ1v) is 5.80. The molecule has 4 heteroatoms. The van der Waals surface area contributed by atoms with E-state index in [4.69, 9.17) is 0 Å². The first-order valence-electron chi connectivity index (χ1n) is 5.80. The number of aromatic nitrogens is 1. The third-order valence-corrected chi connectivity index (χ3v) is 3.33. The lowest BCUT2D eigenvalue weighted by atomic mass is 10.1. The summed E-state index contributed by atoms with van der Waals surface area (Å²) in [6.45, 7) is 2.14. The van der Waals surface area contributed by atoms with Crippen molar-refractivity contribution in [2.24, 2.45) is 0 Å². The van der Waals surface area contributed by atoms with Crippen molar-refractivity contribution < 1.29 is 0 Å². The van der Waals surface area contributed by atoms with Crippen LogP contribution in [0.5, 0.6) is 0 Å². The van der Waals surface area contributed by atoms with Crippen molar-refractivity contribution in [2.45, 2.75) is 18.9 Å². The Kier molecular flexibility index (Phi) is 3.29. The largest absolute Gasteiger partial charge is 0.384 e. The van der Waals surface area contributed by atoms with E-state index >= 15 is 0 Å². The Morgan fingerprint density at radius 2 is 2.06 bits per heavy atom. The maximum absolute atomic E-state index is 12.1. The summed E-state index contributed by atoms with van der Waals surface area (Å²) < 4.78 is 1.87. The standard InChI is InChI=1S/C12H19N3O/c1-13-11-4-3-7-15(12(11)16)10-5-8-14(2)9-6-10/h3-4,7,10,13H,5-6,8-9H2,1-2H3. The number of hydrogen-bond donors (Lipinski definition) is 1. The predicted molar refractivity (Wildman–Crippen MR) is 66.0 cm³/mol. The minimum absolute atomic E-state index is 0.0968. The third-order valence-electron chi connectivity index (χ3n) is 3.33. The molecule has 1 aliphatic heterocycles. The summed E-state index contributed by atoms with van der Waals surface area (Å²) in [5.41, 5.74) is 0.779. The van der Waals surface area contributed by atoms with Gasteiger partial charge in [-0.2, -0.15) is 0 Å². The molecule has 2 heterocycles. The van der Waals surface area contributed by atoms with E-state index in [0.29, 0.717) is 11.7 Å². The van der Waals surface area contributed by atoms with Gasteiger partial charge in [0.25, 0.3) is 5.56 Å². The van der Waals surface area contributed by atoms with E-state index in [1.807, 2.05) is 22.9 Å². The first-order chi connectivity index (χ1) is 7.72. The van der Waals surface area contributed by atoms with Gasteiger partial charge in [0.2, 0.25) is 0 Å². The summed E-state index contributed by atoms with van der Waals surface area (Å²) >= 11 is 0. The van der Waals surface area contributed by atoms with Gasteiger partial charge in [0.05, 0.1) is 0 Å². The Morgan fingerprint density at radius 1 is 1.38 bits per heavy atom. The third kappa shape index (κ3) is 2.11. The molecule has 2 rings (SSSR count). The number of rotatable bonds is 2. The summed E-state index contributed by atoms with van der Waals surface area (Å²) in [6.07, 6.45) is 4.02. The lowest BCUT2D eigenvalue weighted by molar-refractivity contribution is 0.219. The number of likely N-dealkylation sites (tertiary alicyclic amines) is 1. The Morgan fingerprint density at radius 3 is 2.69 bits per heavy atom. The van der Waals surface area contributed by atoms with Crippen LogP contribution in [0.1, 0.15) is 18.9 Å². The van der Waals surface area contributed by atoms with Gasteiger partial charge in [-0.05, 0) is 45.1 Å². The van der Waals surface area contributed by atoms with Crippen molar-refractivity contribution in [1.82, 2.24) is 9.47 Å². The molecule has 1 aromatic heterocycles. The SMILES string of the molecule is CNc1cccn(C2CCN(C)CC2)c1=O. The monoisotopic (exact) mass is 221 g/mol. The van der Waals surface area contributed by atoms with E-state index < -0.39 is 0 Å². The van der Waals surface area contributed by atoms with Crippen LogP contribution in [0.25, 0.3) is 0 Å². The molecule has 0 saturated carbocycles. The molecule has 88 valence electrons. The van der Waals surface area contributed by atoms with Crippen LogP contribution in [-0.2, 0) is 0 Å². The Hall–Kier alpha value is -1.29. The Labute approximate surface area is 95.9 Å². The molecule has 0 atom stereocenters. The number of nitrogens with zero attached hydrogens (tertiary/aromatic N) is 2. The van der Waals surface area contributed by atoms with Gasteiger partial charge in [-0.3, -0.25) is 4.79 Å². The average Bonchev–Trinajstić information content (AvgIpc) is 2.31. The summed E-state index contributed by atoms with van der Waals surface area (Å²) in [5.74, 6) is 0. The molecule has 1 aromatic rings. The van der Waals surface area contributed by atoms with Crippen molar-refractivity contribution in [3.05, 3.63) is 28.7 Å². The van der Waals surface area contributed by atoms with Gasteiger partial charge in [-0.25, -0.2) is 0 Å². The predicted octanol–water partition coefficient (Wildman–Crippen LogP) is 1.16. The fourth-order valence-corrected chi connectivity index (χ4v) is 2.26. The summed E-state index contributed by atoms with van der Waals surface area (Å²) in [7, 11) is 3.92. The molecule has 0 aliphatic carbocycles. The van der Waals surface area contributed by atoms with Gasteiger partial charge in [0.1, 0.15) is 5.69 Å². The van der Waals surface area contributed by atoms with E-state index in [-0.39, 0.29) is 5.56 Å². The average molecular weight is 221 g/mol. The highest BCUT2D eigenvalue weighted by Gasteiger charge is 2.19. The molecular formula is C12H19N3O. The highest BCUT2D eigenvalue weighted by Crippen LogP contribution is 2.20. The number of piperidine rings is 1. The molecule has 16 heavy (non-hydrogen) atoms. The smallest absolute Gasteiger partial charge is 0.274 e. The Balaban J connectivity index is 2.24. The second kappa shape index (κ2) is 4.70. The normalized spacial score (nSPS) is 18.6. The molecule has 0 aromatic carbocycles. The van der Waals surface area contributed by atoms with Crippen molar-refractivity contribution in [2.75, 3.05) is 32.5 Å². The van der Waals surface area contributed by atoms with Crippen LogP contribution < -0.4 is 10.9 Å². The van der Waals surface area contributed by atoms with Gasteiger partial charge in [-0.15, -0.1) is 0 Å². The highest BCUT2D eigenvalue weighted by atomic mass is 16.1.